The Morgan fingerprint density at radius 1 is 1.62 bits per heavy atom. The molecule has 1 aromatic heterocycles. The zero-order valence-electron chi connectivity index (χ0n) is 8.57. The summed E-state index contributed by atoms with van der Waals surface area (Å²) in [6.07, 6.45) is 1.57. The summed E-state index contributed by atoms with van der Waals surface area (Å²) in [5, 5.41) is 11.9. The molecule has 0 aliphatic rings. The Labute approximate surface area is 100 Å². The van der Waals surface area contributed by atoms with Gasteiger partial charge in [-0.2, -0.15) is 0 Å². The van der Waals surface area contributed by atoms with E-state index in [1.807, 2.05) is 0 Å². The number of carboxylic acid groups (broad SMARTS) is 1. The lowest BCUT2D eigenvalue weighted by molar-refractivity contribution is 0.0697. The number of hydrogen-bond donors (Lipinski definition) is 2. The van der Waals surface area contributed by atoms with Crippen LogP contribution < -0.4 is 5.32 Å². The number of hydrogen-bond acceptors (Lipinski definition) is 4. The van der Waals surface area contributed by atoms with Gasteiger partial charge in [-0.05, 0) is 12.1 Å². The molecule has 0 fully saturated rings. The summed E-state index contributed by atoms with van der Waals surface area (Å²) in [6.45, 7) is 0.386. The Balaban J connectivity index is 2.80. The van der Waals surface area contributed by atoms with Gasteiger partial charge < -0.3 is 10.4 Å². The molecular weight excluding hydrogens is 252 g/mol. The quantitative estimate of drug-likeness (QED) is 0.780. The van der Waals surface area contributed by atoms with Gasteiger partial charge in [-0.15, -0.1) is 0 Å². The molecule has 1 heterocycles. The number of rotatable bonds is 5. The highest BCUT2D eigenvalue weighted by atomic mass is 35.5. The number of carbonyl (C=O) groups is 1. The summed E-state index contributed by atoms with van der Waals surface area (Å²) >= 11 is 5.66. The Morgan fingerprint density at radius 3 is 2.88 bits per heavy atom. The van der Waals surface area contributed by atoms with Crippen LogP contribution in [0.5, 0.6) is 0 Å². The van der Waals surface area contributed by atoms with Crippen molar-refractivity contribution in [1.29, 1.82) is 0 Å². The second-order valence-electron chi connectivity index (χ2n) is 3.04. The second-order valence-corrected chi connectivity index (χ2v) is 4.98. The van der Waals surface area contributed by atoms with Crippen molar-refractivity contribution < 1.29 is 14.1 Å². The van der Waals surface area contributed by atoms with Crippen LogP contribution in [-0.4, -0.2) is 38.8 Å². The summed E-state index contributed by atoms with van der Waals surface area (Å²) in [7, 11) is -0.933. The largest absolute Gasteiger partial charge is 0.478 e. The molecule has 1 unspecified atom stereocenters. The van der Waals surface area contributed by atoms with E-state index in [2.05, 4.69) is 10.3 Å². The lowest BCUT2D eigenvalue weighted by Gasteiger charge is -2.07. The van der Waals surface area contributed by atoms with Crippen molar-refractivity contribution in [3.8, 4) is 0 Å². The van der Waals surface area contributed by atoms with Gasteiger partial charge in [0, 0.05) is 29.4 Å². The van der Waals surface area contributed by atoms with Crippen LogP contribution in [0.2, 0.25) is 5.15 Å². The van der Waals surface area contributed by atoms with Crippen molar-refractivity contribution in [2.24, 2.45) is 0 Å². The molecule has 0 bridgehead atoms. The Hall–Kier alpha value is -1.14. The van der Waals surface area contributed by atoms with Crippen LogP contribution in [0.15, 0.2) is 12.1 Å². The van der Waals surface area contributed by atoms with E-state index in [4.69, 9.17) is 16.7 Å². The van der Waals surface area contributed by atoms with Gasteiger partial charge in [0.2, 0.25) is 0 Å². The van der Waals surface area contributed by atoms with Crippen LogP contribution in [-0.2, 0) is 10.8 Å². The molecule has 1 aromatic rings. The number of pyridine rings is 1. The minimum Gasteiger partial charge on any atom is -0.478 e. The first-order chi connectivity index (χ1) is 7.50. The van der Waals surface area contributed by atoms with Crippen molar-refractivity contribution in [3.63, 3.8) is 0 Å². The van der Waals surface area contributed by atoms with Gasteiger partial charge in [-0.3, -0.25) is 4.21 Å². The monoisotopic (exact) mass is 262 g/mol. The maximum Gasteiger partial charge on any atom is 0.339 e. The normalized spacial score (nSPS) is 12.1. The number of nitrogens with zero attached hydrogens (tertiary/aromatic N) is 1. The lowest BCUT2D eigenvalue weighted by atomic mass is 10.2. The maximum absolute atomic E-state index is 10.8. The molecule has 0 aliphatic heterocycles. The molecule has 0 radical (unpaired) electrons. The fraction of sp³-hybridized carbons (Fsp3) is 0.333. The highest BCUT2D eigenvalue weighted by molar-refractivity contribution is 7.84. The summed E-state index contributed by atoms with van der Waals surface area (Å²) in [6, 6.07) is 2.79. The third kappa shape index (κ3) is 3.79. The molecule has 5 nitrogen and oxygen atoms in total. The van der Waals surface area contributed by atoms with E-state index in [9.17, 15) is 9.00 Å². The van der Waals surface area contributed by atoms with Crippen molar-refractivity contribution in [3.05, 3.63) is 22.8 Å². The molecule has 0 aromatic carbocycles. The third-order valence-corrected chi connectivity index (χ3v) is 2.76. The van der Waals surface area contributed by atoms with Crippen LogP contribution in [0.4, 0.5) is 5.82 Å². The first-order valence-corrected chi connectivity index (χ1v) is 6.55. The Kier molecular flexibility index (Phi) is 4.70. The van der Waals surface area contributed by atoms with Crippen molar-refractivity contribution in [2.75, 3.05) is 23.9 Å². The predicted molar refractivity (Wildman–Crippen MR) is 63.6 cm³/mol. The topological polar surface area (TPSA) is 79.3 Å². The maximum atomic E-state index is 10.8. The number of halogens is 1. The average molecular weight is 263 g/mol. The molecule has 0 amide bonds. The fourth-order valence-corrected chi connectivity index (χ4v) is 1.59. The molecule has 0 saturated heterocycles. The highest BCUT2D eigenvalue weighted by Gasteiger charge is 2.11. The summed E-state index contributed by atoms with van der Waals surface area (Å²) in [5.41, 5.74) is 0.0475. The molecule has 2 N–H and O–H groups in total. The molecule has 1 atom stereocenters. The van der Waals surface area contributed by atoms with E-state index >= 15 is 0 Å². The molecule has 0 spiro atoms. The van der Waals surface area contributed by atoms with Crippen molar-refractivity contribution >= 4 is 34.2 Å². The van der Waals surface area contributed by atoms with Gasteiger partial charge in [-0.25, -0.2) is 9.78 Å². The fourth-order valence-electron chi connectivity index (χ4n) is 1.06. The van der Waals surface area contributed by atoms with E-state index in [1.54, 1.807) is 6.26 Å². The second kappa shape index (κ2) is 5.81. The Bertz CT molecular complexity index is 425. The number of anilines is 1. The van der Waals surface area contributed by atoms with Crippen LogP contribution in [0.1, 0.15) is 10.4 Å². The number of aromatic nitrogens is 1. The molecule has 0 aliphatic carbocycles. The van der Waals surface area contributed by atoms with E-state index < -0.39 is 16.8 Å². The lowest BCUT2D eigenvalue weighted by Crippen LogP contribution is -2.14. The van der Waals surface area contributed by atoms with Gasteiger partial charge in [0.1, 0.15) is 16.5 Å². The van der Waals surface area contributed by atoms with Gasteiger partial charge in [0.15, 0.2) is 0 Å². The van der Waals surface area contributed by atoms with Crippen molar-refractivity contribution in [2.45, 2.75) is 0 Å². The minimum atomic E-state index is -1.08. The van der Waals surface area contributed by atoms with Crippen molar-refractivity contribution in [1.82, 2.24) is 4.98 Å². The molecular formula is C9H11ClN2O3S. The molecule has 7 heteroatoms. The van der Waals surface area contributed by atoms with Crippen LogP contribution in [0.25, 0.3) is 0 Å². The van der Waals surface area contributed by atoms with Gasteiger partial charge in [0.05, 0.1) is 0 Å². The standard InChI is InChI=1S/C9H11ClN2O3S/c1-16(15)5-4-11-8-6(9(13)14)2-3-7(10)12-8/h2-3H,4-5H2,1H3,(H,11,12)(H,13,14). The van der Waals surface area contributed by atoms with E-state index in [0.717, 1.165) is 0 Å². The number of aromatic carboxylic acids is 1. The average Bonchev–Trinajstić information content (AvgIpc) is 2.16. The summed E-state index contributed by atoms with van der Waals surface area (Å²) in [5.74, 6) is -0.456. The smallest absolute Gasteiger partial charge is 0.339 e. The van der Waals surface area contributed by atoms with Crippen LogP contribution in [0.3, 0.4) is 0 Å². The van der Waals surface area contributed by atoms with Gasteiger partial charge in [0.25, 0.3) is 0 Å². The first-order valence-electron chi connectivity index (χ1n) is 4.44. The summed E-state index contributed by atoms with van der Waals surface area (Å²) < 4.78 is 10.8. The van der Waals surface area contributed by atoms with Gasteiger partial charge in [-0.1, -0.05) is 11.6 Å². The first kappa shape index (κ1) is 12.9. The van der Waals surface area contributed by atoms with E-state index in [1.165, 1.54) is 12.1 Å². The van der Waals surface area contributed by atoms with E-state index in [0.29, 0.717) is 12.3 Å². The molecule has 0 saturated carbocycles. The summed E-state index contributed by atoms with van der Waals surface area (Å²) in [4.78, 5) is 14.7. The molecule has 16 heavy (non-hydrogen) atoms. The predicted octanol–water partition coefficient (Wildman–Crippen LogP) is 1.22. The number of nitrogens with one attached hydrogen (secondary N) is 1. The molecule has 1 rings (SSSR count). The molecule has 88 valence electrons. The zero-order valence-corrected chi connectivity index (χ0v) is 10.1. The van der Waals surface area contributed by atoms with Gasteiger partial charge >= 0.3 is 5.97 Å². The van der Waals surface area contributed by atoms with Crippen LogP contribution >= 0.6 is 11.6 Å². The minimum absolute atomic E-state index is 0.0475. The number of carboxylic acids is 1. The van der Waals surface area contributed by atoms with E-state index in [-0.39, 0.29) is 16.5 Å². The highest BCUT2D eigenvalue weighted by Crippen LogP contribution is 2.16. The van der Waals surface area contributed by atoms with Crippen LogP contribution in [0, 0.1) is 0 Å². The zero-order chi connectivity index (χ0) is 12.1. The SMILES string of the molecule is CS(=O)CCNc1nc(Cl)ccc1C(=O)O. The third-order valence-electron chi connectivity index (χ3n) is 1.77. The Morgan fingerprint density at radius 2 is 2.31 bits per heavy atom.